The van der Waals surface area contributed by atoms with Crippen LogP contribution in [0.3, 0.4) is 0 Å². The Morgan fingerprint density at radius 2 is 0.667 bits per heavy atom. The van der Waals surface area contributed by atoms with Gasteiger partial charge in [0, 0.05) is 0 Å². The average Bonchev–Trinajstić information content (AvgIpc) is 1.00. The summed E-state index contributed by atoms with van der Waals surface area (Å²) in [5.74, 6) is 0. The molecule has 6 heteroatoms. The van der Waals surface area contributed by atoms with Crippen LogP contribution in [0.25, 0.3) is 0 Å². The molecule has 0 atom stereocenters. The SMILES string of the molecule is [K+].[K+].[NaH].[NaH].[O-][O-]. The van der Waals surface area contributed by atoms with Gasteiger partial charge < -0.3 is 10.5 Å². The van der Waals surface area contributed by atoms with Crippen LogP contribution in [0.4, 0.5) is 0 Å². The van der Waals surface area contributed by atoms with Gasteiger partial charge in [-0.05, 0) is 0 Å². The van der Waals surface area contributed by atoms with Crippen molar-refractivity contribution in [3.8, 4) is 0 Å². The summed E-state index contributed by atoms with van der Waals surface area (Å²) in [7, 11) is 0. The van der Waals surface area contributed by atoms with E-state index < -0.39 is 0 Å². The fourth-order valence-corrected chi connectivity index (χ4v) is 0. The molecule has 0 rings (SSSR count). The Balaban J connectivity index is -0.000000000833. The van der Waals surface area contributed by atoms with Gasteiger partial charge >= 0.3 is 162 Å². The molecule has 0 aromatic heterocycles. The van der Waals surface area contributed by atoms with Crippen LogP contribution in [-0.4, -0.2) is 59.1 Å². The molecule has 18 valence electrons. The van der Waals surface area contributed by atoms with Crippen molar-refractivity contribution in [2.75, 3.05) is 0 Å². The molecule has 0 saturated carbocycles. The summed E-state index contributed by atoms with van der Waals surface area (Å²) in [6.07, 6.45) is 0. The predicted octanol–water partition coefficient (Wildman–Crippen LogP) is -9.67. The molecule has 2 nitrogen and oxygen atoms in total. The van der Waals surface area contributed by atoms with Crippen molar-refractivity contribution in [2.24, 2.45) is 0 Å². The van der Waals surface area contributed by atoms with Crippen molar-refractivity contribution >= 4 is 59.1 Å². The van der Waals surface area contributed by atoms with Gasteiger partial charge in [-0.15, -0.1) is 0 Å². The second kappa shape index (κ2) is 31.9. The molecule has 0 aliphatic rings. The van der Waals surface area contributed by atoms with E-state index in [0.717, 1.165) is 0 Å². The first-order valence-corrected chi connectivity index (χ1v) is 0.167. The van der Waals surface area contributed by atoms with E-state index in [-0.39, 0.29) is 162 Å². The summed E-state index contributed by atoms with van der Waals surface area (Å²) in [5, 5.41) is 14.0. The number of hydrogen-bond donors (Lipinski definition) is 0. The molecule has 0 aliphatic heterocycles. The van der Waals surface area contributed by atoms with Crippen LogP contribution in [0.5, 0.6) is 0 Å². The van der Waals surface area contributed by atoms with Crippen LogP contribution < -0.4 is 113 Å². The molecule has 0 spiro atoms. The van der Waals surface area contributed by atoms with Crippen LogP contribution in [0.15, 0.2) is 0 Å². The molecule has 0 N–H and O–H groups in total. The predicted molar refractivity (Wildman–Crippen MR) is 14.3 cm³/mol. The number of hydrogen-bond acceptors (Lipinski definition) is 2. The monoisotopic (exact) mass is 158 g/mol. The Morgan fingerprint density at radius 3 is 0.667 bits per heavy atom. The van der Waals surface area contributed by atoms with Crippen molar-refractivity contribution < 1.29 is 113 Å². The molecule has 0 aromatic rings. The third kappa shape index (κ3) is 22.9. The molecule has 0 fully saturated rings. The molecule has 0 aromatic carbocycles. The van der Waals surface area contributed by atoms with Crippen LogP contribution in [0, 0.1) is 0 Å². The molecule has 0 bridgehead atoms. The van der Waals surface area contributed by atoms with Crippen molar-refractivity contribution in [3.63, 3.8) is 0 Å². The molecule has 0 radical (unpaired) electrons. The Bertz CT molecular complexity index is 9.51. The molecule has 0 amide bonds. The summed E-state index contributed by atoms with van der Waals surface area (Å²) >= 11 is 0. The Hall–Kier alpha value is 5.19. The van der Waals surface area contributed by atoms with Gasteiger partial charge in [0.1, 0.15) is 0 Å². The van der Waals surface area contributed by atoms with Crippen molar-refractivity contribution in [2.45, 2.75) is 0 Å². The molecule has 0 unspecified atom stereocenters. The van der Waals surface area contributed by atoms with Gasteiger partial charge in [-0.1, -0.05) is 0 Å². The topological polar surface area (TPSA) is 46.1 Å². The van der Waals surface area contributed by atoms with Gasteiger partial charge in [-0.2, -0.15) is 0 Å². The molecular weight excluding hydrogens is 156 g/mol. The third-order valence-electron chi connectivity index (χ3n) is 0. The second-order valence-corrected chi connectivity index (χ2v) is 0. The van der Waals surface area contributed by atoms with Gasteiger partial charge in [0.05, 0.1) is 0 Å². The van der Waals surface area contributed by atoms with E-state index in [1.54, 1.807) is 0 Å². The van der Waals surface area contributed by atoms with E-state index in [2.05, 4.69) is 0 Å². The molecule has 6 heavy (non-hydrogen) atoms. The summed E-state index contributed by atoms with van der Waals surface area (Å²) in [5.41, 5.74) is 0. The van der Waals surface area contributed by atoms with Gasteiger partial charge in [-0.25, -0.2) is 0 Å². The standard InChI is InChI=1S/2K.2Na.O2.2H/c;;;;1-2;;/q2*+1;;;-2;;. The van der Waals surface area contributed by atoms with Crippen molar-refractivity contribution in [1.82, 2.24) is 0 Å². The molecule has 0 heterocycles. The molecule has 0 aliphatic carbocycles. The normalized spacial score (nSPS) is 1.00. The quantitative estimate of drug-likeness (QED) is 0.200. The van der Waals surface area contributed by atoms with Gasteiger partial charge in [0.15, 0.2) is 0 Å². The minimum atomic E-state index is 0. The maximum absolute atomic E-state index is 7.00. The number of rotatable bonds is 0. The summed E-state index contributed by atoms with van der Waals surface area (Å²) in [6, 6.07) is 0. The zero-order valence-corrected chi connectivity index (χ0v) is 9.06. The average molecular weight is 158 g/mol. The summed E-state index contributed by atoms with van der Waals surface area (Å²) in [4.78, 5) is 0. The maximum Gasteiger partial charge on any atom is -1.00 e. The van der Waals surface area contributed by atoms with E-state index in [4.69, 9.17) is 10.5 Å². The van der Waals surface area contributed by atoms with E-state index in [1.165, 1.54) is 0 Å². The molecular formula is H2K2Na2O2. The largest absolute Gasteiger partial charge is 1.00 e. The third-order valence-corrected chi connectivity index (χ3v) is 0. The Kier molecular flexibility index (Phi) is 161. The van der Waals surface area contributed by atoms with Crippen LogP contribution in [0.1, 0.15) is 0 Å². The minimum Gasteiger partial charge on any atom is -1.00 e. The minimum absolute atomic E-state index is 0. The van der Waals surface area contributed by atoms with Crippen molar-refractivity contribution in [3.05, 3.63) is 0 Å². The van der Waals surface area contributed by atoms with E-state index >= 15 is 0 Å². The maximum atomic E-state index is 7.00. The van der Waals surface area contributed by atoms with Gasteiger partial charge in [0.25, 0.3) is 0 Å². The Labute approximate surface area is 167 Å². The Morgan fingerprint density at radius 1 is 0.667 bits per heavy atom. The van der Waals surface area contributed by atoms with Crippen LogP contribution in [-0.2, 0) is 0 Å². The second-order valence-electron chi connectivity index (χ2n) is 0. The van der Waals surface area contributed by atoms with Crippen LogP contribution in [0.2, 0.25) is 0 Å². The zero-order valence-electron chi connectivity index (χ0n) is 2.82. The fraction of sp³-hybridized carbons (Fsp3) is 0. The van der Waals surface area contributed by atoms with E-state index in [1.807, 2.05) is 0 Å². The zero-order chi connectivity index (χ0) is 2.00. The summed E-state index contributed by atoms with van der Waals surface area (Å²) in [6.45, 7) is 0. The first kappa shape index (κ1) is 30.3. The van der Waals surface area contributed by atoms with Gasteiger partial charge in [0.2, 0.25) is 0 Å². The first-order valence-electron chi connectivity index (χ1n) is 0.167. The van der Waals surface area contributed by atoms with E-state index in [0.29, 0.717) is 0 Å². The fourth-order valence-electron chi connectivity index (χ4n) is 0. The van der Waals surface area contributed by atoms with Gasteiger partial charge in [-0.3, -0.25) is 0 Å². The smallest absolute Gasteiger partial charge is 1.00 e. The van der Waals surface area contributed by atoms with Crippen LogP contribution >= 0.6 is 0 Å². The van der Waals surface area contributed by atoms with Crippen molar-refractivity contribution in [1.29, 1.82) is 0 Å². The first-order chi connectivity index (χ1) is 1.00. The summed E-state index contributed by atoms with van der Waals surface area (Å²) < 4.78 is 0. The van der Waals surface area contributed by atoms with E-state index in [9.17, 15) is 0 Å². The molecule has 0 saturated heterocycles.